The number of carbonyl (C=O) groups is 1. The number of aromatic hydroxyl groups is 1. The number of hydrogen-bond acceptors (Lipinski definition) is 6. The van der Waals surface area contributed by atoms with Crippen LogP contribution in [0.3, 0.4) is 0 Å². The number of phenolic OH excluding ortho intramolecular Hbond substituents is 1. The van der Waals surface area contributed by atoms with Gasteiger partial charge in [0.05, 0.1) is 14.2 Å². The van der Waals surface area contributed by atoms with Gasteiger partial charge in [0, 0.05) is 5.56 Å². The van der Waals surface area contributed by atoms with Crippen molar-refractivity contribution in [2.75, 3.05) is 14.2 Å². The van der Waals surface area contributed by atoms with Crippen molar-refractivity contribution in [3.8, 4) is 17.2 Å². The van der Waals surface area contributed by atoms with Crippen LogP contribution in [0, 0.1) is 0 Å². The molecule has 0 amide bonds. The number of esters is 1. The van der Waals surface area contributed by atoms with E-state index >= 15 is 0 Å². The van der Waals surface area contributed by atoms with Gasteiger partial charge in [0.1, 0.15) is 17.8 Å². The van der Waals surface area contributed by atoms with Crippen molar-refractivity contribution >= 4 is 5.97 Å². The quantitative estimate of drug-likeness (QED) is 0.766. The molecule has 1 aromatic rings. The Hall–Kier alpha value is -1.95. The third kappa shape index (κ3) is 1.65. The second kappa shape index (κ2) is 4.38. The Morgan fingerprint density at radius 3 is 2.56 bits per heavy atom. The molecule has 98 valence electrons. The van der Waals surface area contributed by atoms with E-state index in [1.54, 1.807) is 6.92 Å². The molecule has 2 rings (SSSR count). The molecule has 1 aliphatic rings. The van der Waals surface area contributed by atoms with Gasteiger partial charge in [-0.05, 0) is 13.0 Å². The lowest BCUT2D eigenvalue weighted by atomic mass is 9.94. The van der Waals surface area contributed by atoms with Crippen LogP contribution in [0.15, 0.2) is 6.07 Å². The van der Waals surface area contributed by atoms with Crippen molar-refractivity contribution in [2.24, 2.45) is 0 Å². The van der Waals surface area contributed by atoms with Crippen LogP contribution in [0.25, 0.3) is 0 Å². The second-order valence-corrected chi connectivity index (χ2v) is 3.98. The number of phenols is 1. The van der Waals surface area contributed by atoms with Gasteiger partial charge in [-0.15, -0.1) is 0 Å². The molecule has 1 aromatic carbocycles. The first-order valence-electron chi connectivity index (χ1n) is 5.38. The van der Waals surface area contributed by atoms with Gasteiger partial charge >= 0.3 is 5.97 Å². The third-order valence-corrected chi connectivity index (χ3v) is 2.94. The molecule has 0 fully saturated rings. The third-order valence-electron chi connectivity index (χ3n) is 2.94. The molecule has 6 heteroatoms. The van der Waals surface area contributed by atoms with Gasteiger partial charge in [-0.3, -0.25) is 0 Å². The SMILES string of the molecule is COc1cc2c(c(O)c1OC)C(=O)O[C@H](C)[C@@H]2O. The fourth-order valence-corrected chi connectivity index (χ4v) is 1.99. The van der Waals surface area contributed by atoms with E-state index in [2.05, 4.69) is 0 Å². The zero-order valence-electron chi connectivity index (χ0n) is 10.3. The van der Waals surface area contributed by atoms with E-state index in [0.29, 0.717) is 0 Å². The van der Waals surface area contributed by atoms with Gasteiger partial charge in [-0.25, -0.2) is 4.79 Å². The van der Waals surface area contributed by atoms with Crippen molar-refractivity contribution in [1.29, 1.82) is 0 Å². The van der Waals surface area contributed by atoms with Gasteiger partial charge < -0.3 is 24.4 Å². The average Bonchev–Trinajstić information content (AvgIpc) is 2.34. The molecule has 0 spiro atoms. The molecule has 1 heterocycles. The Morgan fingerprint density at radius 2 is 2.00 bits per heavy atom. The van der Waals surface area contributed by atoms with Gasteiger partial charge in [-0.1, -0.05) is 0 Å². The van der Waals surface area contributed by atoms with Crippen molar-refractivity contribution in [1.82, 2.24) is 0 Å². The Balaban J connectivity index is 2.71. The highest BCUT2D eigenvalue weighted by molar-refractivity contribution is 5.97. The van der Waals surface area contributed by atoms with Crippen LogP contribution < -0.4 is 9.47 Å². The molecule has 0 bridgehead atoms. The molecule has 18 heavy (non-hydrogen) atoms. The molecule has 0 saturated carbocycles. The smallest absolute Gasteiger partial charge is 0.342 e. The summed E-state index contributed by atoms with van der Waals surface area (Å²) in [6.45, 7) is 1.57. The minimum absolute atomic E-state index is 0.0370. The number of hydrogen-bond donors (Lipinski definition) is 2. The number of aliphatic hydroxyl groups is 1. The summed E-state index contributed by atoms with van der Waals surface area (Å²) in [5.41, 5.74) is 0.187. The summed E-state index contributed by atoms with van der Waals surface area (Å²) in [7, 11) is 2.75. The van der Waals surface area contributed by atoms with Gasteiger partial charge in [0.2, 0.25) is 5.75 Å². The molecule has 0 saturated heterocycles. The van der Waals surface area contributed by atoms with Crippen LogP contribution in [0.2, 0.25) is 0 Å². The summed E-state index contributed by atoms with van der Waals surface area (Å²) >= 11 is 0. The molecular weight excluding hydrogens is 240 g/mol. The normalized spacial score (nSPS) is 22.1. The number of aliphatic hydroxyl groups excluding tert-OH is 1. The molecule has 0 aromatic heterocycles. The monoisotopic (exact) mass is 254 g/mol. The minimum atomic E-state index is -1.01. The van der Waals surface area contributed by atoms with Crippen LogP contribution in [-0.2, 0) is 4.74 Å². The number of carbonyl (C=O) groups excluding carboxylic acids is 1. The molecule has 0 aliphatic carbocycles. The molecule has 2 N–H and O–H groups in total. The summed E-state index contributed by atoms with van der Waals surface area (Å²) in [5, 5.41) is 20.0. The highest BCUT2D eigenvalue weighted by Gasteiger charge is 2.36. The first-order chi connectivity index (χ1) is 8.51. The fourth-order valence-electron chi connectivity index (χ4n) is 1.99. The van der Waals surface area contributed by atoms with Gasteiger partial charge in [-0.2, -0.15) is 0 Å². The molecule has 0 radical (unpaired) electrons. The molecule has 0 unspecified atom stereocenters. The Kier molecular flexibility index (Phi) is 3.04. The van der Waals surface area contributed by atoms with Crippen LogP contribution >= 0.6 is 0 Å². The highest BCUT2D eigenvalue weighted by Crippen LogP contribution is 2.45. The topological polar surface area (TPSA) is 85.2 Å². The van der Waals surface area contributed by atoms with E-state index in [0.717, 1.165) is 0 Å². The maximum absolute atomic E-state index is 11.7. The predicted octanol–water partition coefficient (Wildman–Crippen LogP) is 1.00. The Labute approximate surface area is 104 Å². The fraction of sp³-hybridized carbons (Fsp3) is 0.417. The van der Waals surface area contributed by atoms with E-state index in [9.17, 15) is 15.0 Å². The summed E-state index contributed by atoms with van der Waals surface area (Å²) in [6.07, 6.45) is -1.69. The lowest BCUT2D eigenvalue weighted by Crippen LogP contribution is -2.30. The number of methoxy groups -OCH3 is 2. The number of cyclic esters (lactones) is 1. The first kappa shape index (κ1) is 12.5. The van der Waals surface area contributed by atoms with Crippen molar-refractivity contribution in [3.63, 3.8) is 0 Å². The summed E-state index contributed by atoms with van der Waals surface area (Å²) in [6, 6.07) is 1.47. The number of benzene rings is 1. The van der Waals surface area contributed by atoms with Crippen LogP contribution in [-0.4, -0.2) is 36.5 Å². The van der Waals surface area contributed by atoms with E-state index in [1.807, 2.05) is 0 Å². The zero-order valence-corrected chi connectivity index (χ0v) is 10.3. The largest absolute Gasteiger partial charge is 0.504 e. The van der Waals surface area contributed by atoms with E-state index in [4.69, 9.17) is 14.2 Å². The minimum Gasteiger partial charge on any atom is -0.504 e. The predicted molar refractivity (Wildman–Crippen MR) is 61.0 cm³/mol. The average molecular weight is 254 g/mol. The number of fused-ring (bicyclic) bond motifs is 1. The molecule has 1 aliphatic heterocycles. The molecular formula is C12H14O6. The van der Waals surface area contributed by atoms with E-state index in [-0.39, 0.29) is 28.4 Å². The highest BCUT2D eigenvalue weighted by atomic mass is 16.6. The lowest BCUT2D eigenvalue weighted by molar-refractivity contribution is -0.0218. The van der Waals surface area contributed by atoms with Gasteiger partial charge in [0.25, 0.3) is 0 Å². The molecule has 6 nitrogen and oxygen atoms in total. The van der Waals surface area contributed by atoms with Crippen molar-refractivity contribution < 1.29 is 29.2 Å². The van der Waals surface area contributed by atoms with Crippen LogP contribution in [0.5, 0.6) is 17.2 Å². The van der Waals surface area contributed by atoms with Crippen LogP contribution in [0.4, 0.5) is 0 Å². The lowest BCUT2D eigenvalue weighted by Gasteiger charge is -2.28. The molecule has 2 atom stereocenters. The van der Waals surface area contributed by atoms with Crippen LogP contribution in [0.1, 0.15) is 28.9 Å². The Bertz CT molecular complexity index is 496. The Morgan fingerprint density at radius 1 is 1.33 bits per heavy atom. The number of ether oxygens (including phenoxy) is 3. The van der Waals surface area contributed by atoms with Crippen molar-refractivity contribution in [3.05, 3.63) is 17.2 Å². The van der Waals surface area contributed by atoms with E-state index < -0.39 is 18.2 Å². The summed E-state index contributed by atoms with van der Waals surface area (Å²) < 4.78 is 15.0. The zero-order chi connectivity index (χ0) is 13.4. The summed E-state index contributed by atoms with van der Waals surface area (Å²) in [4.78, 5) is 11.7. The van der Waals surface area contributed by atoms with Gasteiger partial charge in [0.15, 0.2) is 11.5 Å². The maximum Gasteiger partial charge on any atom is 0.342 e. The first-order valence-corrected chi connectivity index (χ1v) is 5.38. The van der Waals surface area contributed by atoms with Crippen molar-refractivity contribution in [2.45, 2.75) is 19.1 Å². The van der Waals surface area contributed by atoms with E-state index in [1.165, 1.54) is 20.3 Å². The second-order valence-electron chi connectivity index (χ2n) is 3.98. The maximum atomic E-state index is 11.7. The standard InChI is InChI=1S/C12H14O6/c1-5-9(13)6-4-7(16-2)11(17-3)10(14)8(6)12(15)18-5/h4-5,9,13-14H,1-3H3/t5-,9+/m1/s1. The summed E-state index contributed by atoms with van der Waals surface area (Å²) in [5.74, 6) is -0.797. The number of rotatable bonds is 2.